The molecule has 33 heavy (non-hydrogen) atoms. The van der Waals surface area contributed by atoms with Gasteiger partial charge in [0.05, 0.1) is 9.79 Å². The summed E-state index contributed by atoms with van der Waals surface area (Å²) >= 11 is 0. The number of sulfone groups is 1. The van der Waals surface area contributed by atoms with E-state index >= 15 is 0 Å². The van der Waals surface area contributed by atoms with Crippen molar-refractivity contribution < 1.29 is 17.9 Å². The highest BCUT2D eigenvalue weighted by atomic mass is 32.2. The Balaban J connectivity index is 1.48. The van der Waals surface area contributed by atoms with E-state index < -0.39 is 9.84 Å². The van der Waals surface area contributed by atoms with Crippen LogP contribution in [-0.2, 0) is 9.84 Å². The lowest BCUT2D eigenvalue weighted by molar-refractivity contribution is 0.482. The van der Waals surface area contributed by atoms with E-state index in [0.29, 0.717) is 28.6 Å². The summed E-state index contributed by atoms with van der Waals surface area (Å²) in [6.07, 6.45) is 10.8. The third-order valence-electron chi connectivity index (χ3n) is 4.76. The van der Waals surface area contributed by atoms with Gasteiger partial charge in [-0.25, -0.2) is 8.42 Å². The summed E-state index contributed by atoms with van der Waals surface area (Å²) in [4.78, 5) is 0.318. The van der Waals surface area contributed by atoms with Crippen LogP contribution in [-0.4, -0.2) is 8.42 Å². The Morgan fingerprint density at radius 1 is 0.545 bits per heavy atom. The van der Waals surface area contributed by atoms with Gasteiger partial charge in [-0.05, 0) is 91.0 Å². The molecule has 0 spiro atoms. The number of hydrogen-bond acceptors (Lipinski definition) is 4. The molecule has 0 aliphatic carbocycles. The summed E-state index contributed by atoms with van der Waals surface area (Å²) in [7, 11) is -3.70. The minimum atomic E-state index is -3.70. The Bertz CT molecular complexity index is 1450. The van der Waals surface area contributed by atoms with Crippen molar-refractivity contribution >= 4 is 9.84 Å². The van der Waals surface area contributed by atoms with Crippen LogP contribution in [0, 0.1) is 24.7 Å². The molecule has 0 saturated carbocycles. The van der Waals surface area contributed by atoms with Crippen LogP contribution >= 0.6 is 0 Å². The van der Waals surface area contributed by atoms with E-state index in [-0.39, 0.29) is 9.79 Å². The number of benzene rings is 4. The molecule has 4 rings (SSSR count). The van der Waals surface area contributed by atoms with Gasteiger partial charge in [-0.15, -0.1) is 12.8 Å². The average molecular weight is 451 g/mol. The smallest absolute Gasteiger partial charge is 0.206 e. The van der Waals surface area contributed by atoms with Gasteiger partial charge in [0, 0.05) is 11.1 Å². The molecule has 0 heterocycles. The van der Waals surface area contributed by atoms with E-state index in [4.69, 9.17) is 22.3 Å². The molecule has 0 atom stereocenters. The first-order valence-electron chi connectivity index (χ1n) is 9.92. The van der Waals surface area contributed by atoms with Crippen LogP contribution in [0.1, 0.15) is 11.1 Å². The van der Waals surface area contributed by atoms with Gasteiger partial charge in [0.1, 0.15) is 23.0 Å². The molecule has 4 aromatic rings. The quantitative estimate of drug-likeness (QED) is 0.335. The van der Waals surface area contributed by atoms with Crippen LogP contribution < -0.4 is 9.47 Å². The fourth-order valence-electron chi connectivity index (χ4n) is 3.05. The summed E-state index contributed by atoms with van der Waals surface area (Å²) < 4.78 is 37.5. The van der Waals surface area contributed by atoms with Crippen molar-refractivity contribution in [1.82, 2.24) is 0 Å². The molecule has 0 aromatic heterocycles. The number of ether oxygens (including phenoxy) is 2. The normalized spacial score (nSPS) is 10.6. The van der Waals surface area contributed by atoms with Gasteiger partial charge in [0.25, 0.3) is 0 Å². The topological polar surface area (TPSA) is 52.6 Å². The van der Waals surface area contributed by atoms with Crippen molar-refractivity contribution in [2.75, 3.05) is 0 Å². The first-order valence-corrected chi connectivity index (χ1v) is 11.4. The molecule has 5 heteroatoms. The second-order valence-corrected chi connectivity index (χ2v) is 8.94. The van der Waals surface area contributed by atoms with E-state index in [1.807, 2.05) is 0 Å². The summed E-state index contributed by atoms with van der Waals surface area (Å²) in [6, 6.07) is 26.6. The zero-order valence-corrected chi connectivity index (χ0v) is 18.3. The highest BCUT2D eigenvalue weighted by Gasteiger charge is 2.18. The van der Waals surface area contributed by atoms with Crippen LogP contribution in [0.3, 0.4) is 0 Å². The van der Waals surface area contributed by atoms with Gasteiger partial charge in [-0.3, -0.25) is 0 Å². The van der Waals surface area contributed by atoms with Crippen molar-refractivity contribution in [3.8, 4) is 47.7 Å². The van der Waals surface area contributed by atoms with Gasteiger partial charge >= 0.3 is 0 Å². The van der Waals surface area contributed by atoms with Crippen molar-refractivity contribution in [2.45, 2.75) is 9.79 Å². The van der Waals surface area contributed by atoms with Crippen molar-refractivity contribution in [3.63, 3.8) is 0 Å². The van der Waals surface area contributed by atoms with Gasteiger partial charge in [0.2, 0.25) is 9.84 Å². The molecule has 4 nitrogen and oxygen atoms in total. The number of terminal acetylenes is 2. The summed E-state index contributed by atoms with van der Waals surface area (Å²) in [5, 5.41) is 0. The third kappa shape index (κ3) is 5.07. The Morgan fingerprint density at radius 2 is 1.00 bits per heavy atom. The van der Waals surface area contributed by atoms with Crippen LogP contribution in [0.2, 0.25) is 0 Å². The minimum absolute atomic E-state index is 0.158. The first kappa shape index (κ1) is 21.8. The maximum absolute atomic E-state index is 13.0. The average Bonchev–Trinajstić information content (AvgIpc) is 2.85. The SMILES string of the molecule is C#Cc1ccc(Oc2ccc(S(=O)(=O)c3ccc(Oc4cccc(C#C)c4)cc3)cc2)cc1. The Labute approximate surface area is 193 Å². The predicted molar refractivity (Wildman–Crippen MR) is 127 cm³/mol. The molecule has 0 amide bonds. The van der Waals surface area contributed by atoms with E-state index in [0.717, 1.165) is 5.56 Å². The largest absolute Gasteiger partial charge is 0.457 e. The van der Waals surface area contributed by atoms with Crippen LogP contribution in [0.5, 0.6) is 23.0 Å². The molecule has 4 aromatic carbocycles. The van der Waals surface area contributed by atoms with Gasteiger partial charge < -0.3 is 9.47 Å². The Hall–Kier alpha value is -4.45. The van der Waals surface area contributed by atoms with E-state index in [9.17, 15) is 8.42 Å². The second-order valence-electron chi connectivity index (χ2n) is 6.99. The molecule has 0 aliphatic rings. The first-order chi connectivity index (χ1) is 16.0. The lowest BCUT2D eigenvalue weighted by Crippen LogP contribution is -2.01. The summed E-state index contributed by atoms with van der Waals surface area (Å²) in [5.74, 6) is 7.28. The molecule has 0 aliphatic heterocycles. The van der Waals surface area contributed by atoms with Gasteiger partial charge in [-0.1, -0.05) is 17.9 Å². The van der Waals surface area contributed by atoms with Crippen LogP contribution in [0.4, 0.5) is 0 Å². The lowest BCUT2D eigenvalue weighted by atomic mass is 10.2. The highest BCUT2D eigenvalue weighted by Crippen LogP contribution is 2.28. The summed E-state index contributed by atoms with van der Waals surface area (Å²) in [6.45, 7) is 0. The minimum Gasteiger partial charge on any atom is -0.457 e. The maximum Gasteiger partial charge on any atom is 0.206 e. The van der Waals surface area contributed by atoms with Crippen molar-refractivity contribution in [3.05, 3.63) is 108 Å². The number of hydrogen-bond donors (Lipinski definition) is 0. The monoisotopic (exact) mass is 450 g/mol. The summed E-state index contributed by atoms with van der Waals surface area (Å²) in [5.41, 5.74) is 1.45. The van der Waals surface area contributed by atoms with Crippen molar-refractivity contribution in [1.29, 1.82) is 0 Å². The Morgan fingerprint density at radius 3 is 1.48 bits per heavy atom. The molecule has 0 bridgehead atoms. The zero-order chi connectivity index (χ0) is 23.3. The molecule has 0 N–H and O–H groups in total. The molecule has 160 valence electrons. The standard InChI is InChI=1S/C28H18O4S/c1-3-21-8-10-23(11-9-21)31-24-12-16-27(17-13-24)33(29,30)28-18-14-25(15-19-28)32-26-7-5-6-22(4-2)20-26/h1-2,5-20H. The molecular formula is C28H18O4S. The number of rotatable bonds is 6. The Kier molecular flexibility index (Phi) is 6.17. The molecule has 0 fully saturated rings. The van der Waals surface area contributed by atoms with Gasteiger partial charge in [0.15, 0.2) is 0 Å². The van der Waals surface area contributed by atoms with Crippen LogP contribution in [0.15, 0.2) is 107 Å². The van der Waals surface area contributed by atoms with Gasteiger partial charge in [-0.2, -0.15) is 0 Å². The fourth-order valence-corrected chi connectivity index (χ4v) is 4.31. The third-order valence-corrected chi connectivity index (χ3v) is 6.55. The van der Waals surface area contributed by atoms with Crippen molar-refractivity contribution in [2.24, 2.45) is 0 Å². The molecule has 0 radical (unpaired) electrons. The fraction of sp³-hybridized carbons (Fsp3) is 0. The highest BCUT2D eigenvalue weighted by molar-refractivity contribution is 7.91. The zero-order valence-electron chi connectivity index (χ0n) is 17.4. The molecule has 0 unspecified atom stereocenters. The molecular weight excluding hydrogens is 432 g/mol. The van der Waals surface area contributed by atoms with E-state index in [1.165, 1.54) is 24.3 Å². The van der Waals surface area contributed by atoms with E-state index in [2.05, 4.69) is 11.8 Å². The predicted octanol–water partition coefficient (Wildman–Crippen LogP) is 6.07. The molecule has 0 saturated heterocycles. The van der Waals surface area contributed by atoms with E-state index in [1.54, 1.807) is 72.8 Å². The maximum atomic E-state index is 13.0. The lowest BCUT2D eigenvalue weighted by Gasteiger charge is -2.09. The second kappa shape index (κ2) is 9.36. The van der Waals surface area contributed by atoms with Crippen LogP contribution in [0.25, 0.3) is 0 Å².